The molecular formula is C9H8Cl5NO2S2. The first kappa shape index (κ1) is 18.0. The summed E-state index contributed by atoms with van der Waals surface area (Å²) in [6.45, 7) is 0. The number of hydrogen-bond donors (Lipinski definition) is 0. The van der Waals surface area contributed by atoms with E-state index in [9.17, 15) is 8.42 Å². The molecule has 0 N–H and O–H groups in total. The molecule has 0 radical (unpaired) electrons. The Bertz CT molecular complexity index is 529. The van der Waals surface area contributed by atoms with Crippen LogP contribution in [0.1, 0.15) is 0 Å². The van der Waals surface area contributed by atoms with E-state index in [0.717, 1.165) is 3.71 Å². The minimum absolute atomic E-state index is 0.0695. The van der Waals surface area contributed by atoms with Gasteiger partial charge in [0.25, 0.3) is 10.0 Å². The van der Waals surface area contributed by atoms with Crippen molar-refractivity contribution < 1.29 is 8.42 Å². The minimum atomic E-state index is -3.73. The third-order valence-electron chi connectivity index (χ3n) is 1.95. The third-order valence-corrected chi connectivity index (χ3v) is 7.37. The van der Waals surface area contributed by atoms with Crippen LogP contribution in [-0.4, -0.2) is 27.7 Å². The van der Waals surface area contributed by atoms with Gasteiger partial charge in [-0.2, -0.15) is 0 Å². The third kappa shape index (κ3) is 5.00. The molecule has 1 rings (SSSR count). The molecule has 0 fully saturated rings. The molecule has 0 saturated carbocycles. The molecular weight excluding hydrogens is 396 g/mol. The van der Waals surface area contributed by atoms with Crippen molar-refractivity contribution in [3.8, 4) is 0 Å². The van der Waals surface area contributed by atoms with Gasteiger partial charge in [0.15, 0.2) is 0 Å². The van der Waals surface area contributed by atoms with Crippen LogP contribution in [0.5, 0.6) is 0 Å². The number of benzene rings is 1. The monoisotopic (exact) mass is 401 g/mol. The zero-order valence-electron chi connectivity index (χ0n) is 9.36. The Morgan fingerprint density at radius 2 is 1.68 bits per heavy atom. The fourth-order valence-electron chi connectivity index (χ4n) is 1.00. The quantitative estimate of drug-likeness (QED) is 0.547. The van der Waals surface area contributed by atoms with Crippen molar-refractivity contribution in [1.82, 2.24) is 3.71 Å². The summed E-state index contributed by atoms with van der Waals surface area (Å²) in [5, 5.41) is 0.436. The lowest BCUT2D eigenvalue weighted by Gasteiger charge is -2.23. The minimum Gasteiger partial charge on any atom is -0.206 e. The number of alkyl halides is 4. The topological polar surface area (TPSA) is 37.4 Å². The average molecular weight is 404 g/mol. The first-order valence-electron chi connectivity index (χ1n) is 4.67. The van der Waals surface area contributed by atoms with Gasteiger partial charge in [0.1, 0.15) is 4.71 Å². The van der Waals surface area contributed by atoms with E-state index in [0.29, 0.717) is 17.0 Å². The highest BCUT2D eigenvalue weighted by Gasteiger charge is 2.35. The predicted octanol–water partition coefficient (Wildman–Crippen LogP) is 4.54. The molecule has 19 heavy (non-hydrogen) atoms. The molecule has 0 saturated heterocycles. The van der Waals surface area contributed by atoms with Gasteiger partial charge in [-0.25, -0.2) is 8.42 Å². The number of nitrogens with zero attached hydrogens (tertiary/aromatic N) is 1. The molecule has 0 bridgehead atoms. The van der Waals surface area contributed by atoms with Crippen LogP contribution >= 0.6 is 70.0 Å². The summed E-state index contributed by atoms with van der Waals surface area (Å²) in [4.78, 5) is 0.0695. The van der Waals surface area contributed by atoms with Gasteiger partial charge in [-0.1, -0.05) is 46.4 Å². The van der Waals surface area contributed by atoms with Gasteiger partial charge in [-0.05, 0) is 36.2 Å². The fraction of sp³-hybridized carbons (Fsp3) is 0.333. The molecule has 0 aliphatic heterocycles. The van der Waals surface area contributed by atoms with Crippen LogP contribution in [0.3, 0.4) is 0 Å². The molecule has 0 heterocycles. The summed E-state index contributed by atoms with van der Waals surface area (Å²) in [5.74, 6) is 0. The maximum absolute atomic E-state index is 12.2. The molecule has 0 amide bonds. The van der Waals surface area contributed by atoms with E-state index in [-0.39, 0.29) is 4.90 Å². The zero-order chi connectivity index (χ0) is 14.8. The van der Waals surface area contributed by atoms with Crippen molar-refractivity contribution >= 4 is 80.0 Å². The van der Waals surface area contributed by atoms with Crippen molar-refractivity contribution in [2.24, 2.45) is 0 Å². The fourth-order valence-corrected chi connectivity index (χ4v) is 4.11. The first-order chi connectivity index (χ1) is 8.55. The first-order valence-corrected chi connectivity index (χ1v) is 8.89. The van der Waals surface area contributed by atoms with E-state index in [4.69, 9.17) is 58.0 Å². The van der Waals surface area contributed by atoms with Crippen LogP contribution in [0.25, 0.3) is 0 Å². The Kier molecular flexibility index (Phi) is 6.43. The summed E-state index contributed by atoms with van der Waals surface area (Å²) in [6, 6.07) is 5.71. The standard InChI is InChI=1S/C9H8Cl5NO2S2/c1-15(18-8(11)9(12,13)14)19(16,17)7-4-2-6(10)3-5-7/h2-5,8H,1H3. The van der Waals surface area contributed by atoms with E-state index < -0.39 is 18.5 Å². The normalized spacial score (nSPS) is 14.7. The number of rotatable bonds is 4. The van der Waals surface area contributed by atoms with E-state index in [1.807, 2.05) is 0 Å². The Hall–Kier alpha value is 0.930. The van der Waals surface area contributed by atoms with Crippen LogP contribution < -0.4 is 0 Å². The van der Waals surface area contributed by atoms with Gasteiger partial charge in [0.05, 0.1) is 4.90 Å². The van der Waals surface area contributed by atoms with Crippen LogP contribution in [-0.2, 0) is 10.0 Å². The molecule has 1 unspecified atom stereocenters. The molecule has 0 aliphatic rings. The molecule has 3 nitrogen and oxygen atoms in total. The summed E-state index contributed by atoms with van der Waals surface area (Å²) in [7, 11) is -2.41. The van der Waals surface area contributed by atoms with Crippen molar-refractivity contribution in [2.45, 2.75) is 13.4 Å². The summed E-state index contributed by atoms with van der Waals surface area (Å²) in [6.07, 6.45) is 0. The lowest BCUT2D eigenvalue weighted by atomic mass is 10.4. The number of halogens is 5. The van der Waals surface area contributed by atoms with Gasteiger partial charge in [0.2, 0.25) is 3.79 Å². The Morgan fingerprint density at radius 1 is 1.21 bits per heavy atom. The van der Waals surface area contributed by atoms with E-state index in [2.05, 4.69) is 0 Å². The van der Waals surface area contributed by atoms with Gasteiger partial charge in [0, 0.05) is 12.1 Å². The molecule has 1 atom stereocenters. The average Bonchev–Trinajstić information content (AvgIpc) is 2.28. The second-order valence-corrected chi connectivity index (χ2v) is 10.3. The van der Waals surface area contributed by atoms with Gasteiger partial charge < -0.3 is 0 Å². The van der Waals surface area contributed by atoms with E-state index in [1.54, 1.807) is 0 Å². The lowest BCUT2D eigenvalue weighted by molar-refractivity contribution is 0.564. The molecule has 0 aliphatic carbocycles. The Labute approximate surface area is 141 Å². The highest BCUT2D eigenvalue weighted by Crippen LogP contribution is 2.42. The molecule has 1 aromatic carbocycles. The SMILES string of the molecule is CN(SC(Cl)C(Cl)(Cl)Cl)S(=O)(=O)c1ccc(Cl)cc1. The van der Waals surface area contributed by atoms with Crippen LogP contribution in [0, 0.1) is 0 Å². The number of sulfonamides is 1. The van der Waals surface area contributed by atoms with Crippen molar-refractivity contribution in [3.05, 3.63) is 29.3 Å². The van der Waals surface area contributed by atoms with Gasteiger partial charge in [-0.3, -0.25) is 0 Å². The molecule has 0 aromatic heterocycles. The lowest BCUT2D eigenvalue weighted by Crippen LogP contribution is -2.26. The molecule has 10 heteroatoms. The molecule has 108 valence electrons. The summed E-state index contributed by atoms with van der Waals surface area (Å²) >= 11 is 29.0. The molecule has 1 aromatic rings. The van der Waals surface area contributed by atoms with E-state index in [1.165, 1.54) is 31.3 Å². The molecule has 0 spiro atoms. The van der Waals surface area contributed by atoms with Crippen molar-refractivity contribution in [3.63, 3.8) is 0 Å². The highest BCUT2D eigenvalue weighted by atomic mass is 35.6. The van der Waals surface area contributed by atoms with Crippen molar-refractivity contribution in [2.75, 3.05) is 7.05 Å². The van der Waals surface area contributed by atoms with Gasteiger partial charge in [-0.15, -0.1) is 15.3 Å². The highest BCUT2D eigenvalue weighted by molar-refractivity contribution is 8.09. The Morgan fingerprint density at radius 3 is 2.11 bits per heavy atom. The summed E-state index contributed by atoms with van der Waals surface area (Å²) < 4.78 is 22.5. The predicted molar refractivity (Wildman–Crippen MR) is 83.9 cm³/mol. The van der Waals surface area contributed by atoms with Crippen LogP contribution in [0.4, 0.5) is 0 Å². The maximum Gasteiger partial charge on any atom is 0.252 e. The van der Waals surface area contributed by atoms with Crippen molar-refractivity contribution in [1.29, 1.82) is 0 Å². The second-order valence-electron chi connectivity index (χ2n) is 3.33. The number of hydrogen-bond acceptors (Lipinski definition) is 3. The second kappa shape index (κ2) is 6.79. The smallest absolute Gasteiger partial charge is 0.206 e. The zero-order valence-corrected chi connectivity index (χ0v) is 14.8. The largest absolute Gasteiger partial charge is 0.252 e. The summed E-state index contributed by atoms with van der Waals surface area (Å²) in [5.41, 5.74) is 0. The maximum atomic E-state index is 12.2. The van der Waals surface area contributed by atoms with Gasteiger partial charge >= 0.3 is 0 Å². The van der Waals surface area contributed by atoms with Crippen LogP contribution in [0.2, 0.25) is 5.02 Å². The van der Waals surface area contributed by atoms with Crippen LogP contribution in [0.15, 0.2) is 29.2 Å². The van der Waals surface area contributed by atoms with E-state index >= 15 is 0 Å². The Balaban J connectivity index is 2.92.